The van der Waals surface area contributed by atoms with Gasteiger partial charge in [0.15, 0.2) is 0 Å². The van der Waals surface area contributed by atoms with Crippen molar-refractivity contribution in [1.82, 2.24) is 0 Å². The number of hydrogen-bond acceptors (Lipinski definition) is 1. The molecule has 0 aliphatic heterocycles. The Morgan fingerprint density at radius 3 is 2.91 bits per heavy atom. The zero-order valence-corrected chi connectivity index (χ0v) is 7.25. The Morgan fingerprint density at radius 2 is 2.27 bits per heavy atom. The van der Waals surface area contributed by atoms with Gasteiger partial charge >= 0.3 is 0 Å². The van der Waals surface area contributed by atoms with Gasteiger partial charge in [-0.1, -0.05) is 31.6 Å². The van der Waals surface area contributed by atoms with Crippen LogP contribution < -0.4 is 0 Å². The highest BCUT2D eigenvalue weighted by Crippen LogP contribution is 2.14. The van der Waals surface area contributed by atoms with Gasteiger partial charge in [-0.15, -0.1) is 0 Å². The fourth-order valence-electron chi connectivity index (χ4n) is 1.37. The van der Waals surface area contributed by atoms with Gasteiger partial charge in [-0.05, 0) is 12.5 Å². The van der Waals surface area contributed by atoms with E-state index in [1.54, 1.807) is 0 Å². The third-order valence-electron chi connectivity index (χ3n) is 1.96. The van der Waals surface area contributed by atoms with Crippen LogP contribution in [0.1, 0.15) is 19.8 Å². The first-order chi connectivity index (χ1) is 5.38. The SMILES string of the molecule is CCCC1C=CC=CC1=NC. The third kappa shape index (κ3) is 2.04. The number of aliphatic imine (C=N–C) groups is 1. The summed E-state index contributed by atoms with van der Waals surface area (Å²) >= 11 is 0. The minimum absolute atomic E-state index is 0.565. The van der Waals surface area contributed by atoms with E-state index in [4.69, 9.17) is 0 Å². The molecule has 0 N–H and O–H groups in total. The molecule has 1 atom stereocenters. The summed E-state index contributed by atoms with van der Waals surface area (Å²) in [6.45, 7) is 2.21. The largest absolute Gasteiger partial charge is 0.292 e. The van der Waals surface area contributed by atoms with Crippen LogP contribution in [-0.4, -0.2) is 12.8 Å². The van der Waals surface area contributed by atoms with Crippen LogP contribution in [0.15, 0.2) is 29.3 Å². The van der Waals surface area contributed by atoms with Gasteiger partial charge < -0.3 is 0 Å². The van der Waals surface area contributed by atoms with E-state index in [2.05, 4.69) is 36.2 Å². The second kappa shape index (κ2) is 4.12. The summed E-state index contributed by atoms with van der Waals surface area (Å²) in [6, 6.07) is 0. The van der Waals surface area contributed by atoms with Crippen LogP contribution in [0.25, 0.3) is 0 Å². The summed E-state index contributed by atoms with van der Waals surface area (Å²) in [6.07, 6.45) is 10.9. The summed E-state index contributed by atoms with van der Waals surface area (Å²) in [4.78, 5) is 4.23. The molecular formula is C10H15N. The average molecular weight is 149 g/mol. The van der Waals surface area contributed by atoms with Crippen molar-refractivity contribution in [3.63, 3.8) is 0 Å². The molecule has 0 spiro atoms. The molecule has 1 rings (SSSR count). The highest BCUT2D eigenvalue weighted by atomic mass is 14.7. The highest BCUT2D eigenvalue weighted by molar-refractivity contribution is 5.99. The van der Waals surface area contributed by atoms with Crippen molar-refractivity contribution in [2.24, 2.45) is 10.9 Å². The summed E-state index contributed by atoms with van der Waals surface area (Å²) in [5, 5.41) is 0. The molecule has 0 radical (unpaired) electrons. The van der Waals surface area contributed by atoms with E-state index in [9.17, 15) is 0 Å². The number of hydrogen-bond donors (Lipinski definition) is 0. The van der Waals surface area contributed by atoms with Crippen molar-refractivity contribution in [2.75, 3.05) is 7.05 Å². The van der Waals surface area contributed by atoms with Crippen molar-refractivity contribution in [2.45, 2.75) is 19.8 Å². The Hall–Kier alpha value is -0.850. The molecule has 1 aliphatic rings. The molecule has 1 heteroatoms. The Morgan fingerprint density at radius 1 is 1.45 bits per heavy atom. The van der Waals surface area contributed by atoms with E-state index >= 15 is 0 Å². The molecule has 1 aliphatic carbocycles. The first-order valence-corrected chi connectivity index (χ1v) is 4.20. The van der Waals surface area contributed by atoms with Crippen LogP contribution in [0.5, 0.6) is 0 Å². The third-order valence-corrected chi connectivity index (χ3v) is 1.96. The molecule has 0 heterocycles. The van der Waals surface area contributed by atoms with Crippen molar-refractivity contribution in [1.29, 1.82) is 0 Å². The minimum Gasteiger partial charge on any atom is -0.292 e. The normalized spacial score (nSPS) is 26.4. The molecule has 0 saturated heterocycles. The summed E-state index contributed by atoms with van der Waals surface area (Å²) in [5.74, 6) is 0.565. The molecule has 11 heavy (non-hydrogen) atoms. The van der Waals surface area contributed by atoms with Crippen LogP contribution in [0.2, 0.25) is 0 Å². The van der Waals surface area contributed by atoms with E-state index in [-0.39, 0.29) is 0 Å². The van der Waals surface area contributed by atoms with Gasteiger partial charge in [-0.2, -0.15) is 0 Å². The standard InChI is InChI=1S/C10H15N/c1-3-6-9-7-4-5-8-10(9)11-2/h4-5,7-9H,3,6H2,1-2H3. The van der Waals surface area contributed by atoms with Crippen LogP contribution in [0.4, 0.5) is 0 Å². The number of rotatable bonds is 2. The van der Waals surface area contributed by atoms with Gasteiger partial charge in [0, 0.05) is 18.7 Å². The number of allylic oxidation sites excluding steroid dienone is 4. The van der Waals surface area contributed by atoms with Crippen LogP contribution in [0, 0.1) is 5.92 Å². The van der Waals surface area contributed by atoms with Crippen molar-refractivity contribution in [3.05, 3.63) is 24.3 Å². The monoisotopic (exact) mass is 149 g/mol. The van der Waals surface area contributed by atoms with Gasteiger partial charge in [-0.3, -0.25) is 4.99 Å². The Bertz CT molecular complexity index is 199. The van der Waals surface area contributed by atoms with Crippen molar-refractivity contribution >= 4 is 5.71 Å². The van der Waals surface area contributed by atoms with Gasteiger partial charge in [0.2, 0.25) is 0 Å². The van der Waals surface area contributed by atoms with Crippen molar-refractivity contribution < 1.29 is 0 Å². The average Bonchev–Trinajstić information content (AvgIpc) is 2.06. The lowest BCUT2D eigenvalue weighted by Crippen LogP contribution is -2.11. The summed E-state index contributed by atoms with van der Waals surface area (Å²) in [5.41, 5.74) is 1.22. The summed E-state index contributed by atoms with van der Waals surface area (Å²) in [7, 11) is 1.86. The molecule has 1 unspecified atom stereocenters. The smallest absolute Gasteiger partial charge is 0.0413 e. The predicted molar refractivity (Wildman–Crippen MR) is 50.0 cm³/mol. The minimum atomic E-state index is 0.565. The first-order valence-electron chi connectivity index (χ1n) is 4.20. The molecule has 0 aromatic heterocycles. The van der Waals surface area contributed by atoms with Gasteiger partial charge in [-0.25, -0.2) is 0 Å². The van der Waals surface area contributed by atoms with E-state index < -0.39 is 0 Å². The highest BCUT2D eigenvalue weighted by Gasteiger charge is 2.09. The molecule has 60 valence electrons. The zero-order chi connectivity index (χ0) is 8.10. The van der Waals surface area contributed by atoms with Crippen LogP contribution in [0.3, 0.4) is 0 Å². The van der Waals surface area contributed by atoms with Crippen LogP contribution >= 0.6 is 0 Å². The van der Waals surface area contributed by atoms with E-state index in [1.165, 1.54) is 18.6 Å². The topological polar surface area (TPSA) is 12.4 Å². The Kier molecular flexibility index (Phi) is 3.09. The Labute approximate surface area is 68.5 Å². The molecule has 0 aromatic rings. The summed E-state index contributed by atoms with van der Waals surface area (Å²) < 4.78 is 0. The maximum atomic E-state index is 4.23. The lowest BCUT2D eigenvalue weighted by atomic mass is 9.94. The molecule has 1 nitrogen and oxygen atoms in total. The fraction of sp³-hybridized carbons (Fsp3) is 0.500. The Balaban J connectivity index is 2.63. The van der Waals surface area contributed by atoms with Gasteiger partial charge in [0.1, 0.15) is 0 Å². The van der Waals surface area contributed by atoms with E-state index in [1.807, 2.05) is 7.05 Å². The molecule has 0 saturated carbocycles. The fourth-order valence-corrected chi connectivity index (χ4v) is 1.37. The molecular weight excluding hydrogens is 134 g/mol. The lowest BCUT2D eigenvalue weighted by Gasteiger charge is -2.13. The van der Waals surface area contributed by atoms with Crippen molar-refractivity contribution in [3.8, 4) is 0 Å². The second-order valence-corrected chi connectivity index (χ2v) is 2.79. The van der Waals surface area contributed by atoms with E-state index in [0.29, 0.717) is 5.92 Å². The quantitative estimate of drug-likeness (QED) is 0.572. The molecule has 0 amide bonds. The van der Waals surface area contributed by atoms with Gasteiger partial charge in [0.25, 0.3) is 0 Å². The molecule has 0 fully saturated rings. The number of nitrogens with zero attached hydrogens (tertiary/aromatic N) is 1. The van der Waals surface area contributed by atoms with Crippen LogP contribution in [-0.2, 0) is 0 Å². The maximum Gasteiger partial charge on any atom is 0.0413 e. The molecule has 0 bridgehead atoms. The molecule has 0 aromatic carbocycles. The first kappa shape index (κ1) is 8.25. The predicted octanol–water partition coefficient (Wildman–Crippen LogP) is 2.60. The zero-order valence-electron chi connectivity index (χ0n) is 7.25. The van der Waals surface area contributed by atoms with E-state index in [0.717, 1.165) is 0 Å². The second-order valence-electron chi connectivity index (χ2n) is 2.79. The lowest BCUT2D eigenvalue weighted by molar-refractivity contribution is 0.720. The maximum absolute atomic E-state index is 4.23. The van der Waals surface area contributed by atoms with Gasteiger partial charge in [0.05, 0.1) is 0 Å².